The lowest BCUT2D eigenvalue weighted by molar-refractivity contribution is -0.127. The Morgan fingerprint density at radius 2 is 1.94 bits per heavy atom. The smallest absolute Gasteiger partial charge is 0.243 e. The predicted octanol–water partition coefficient (Wildman–Crippen LogP) is 0.772. The van der Waals surface area contributed by atoms with Crippen LogP contribution < -0.4 is 5.32 Å². The van der Waals surface area contributed by atoms with Crippen molar-refractivity contribution in [1.82, 2.24) is 15.1 Å². The summed E-state index contributed by atoms with van der Waals surface area (Å²) in [6, 6.07) is 0. The van der Waals surface area contributed by atoms with E-state index in [-0.39, 0.29) is 12.5 Å². The SMILES string of the molecule is CC(C)CNC(=NCC(=O)N(C)C)N1CCCC1. The Bertz CT molecular complexity index is 293. The summed E-state index contributed by atoms with van der Waals surface area (Å²) in [6.45, 7) is 7.54. The maximum Gasteiger partial charge on any atom is 0.243 e. The molecule has 18 heavy (non-hydrogen) atoms. The number of carbonyl (C=O) groups excluding carboxylic acids is 1. The van der Waals surface area contributed by atoms with Crippen molar-refractivity contribution in [3.05, 3.63) is 0 Å². The van der Waals surface area contributed by atoms with Crippen molar-refractivity contribution < 1.29 is 4.79 Å². The first-order valence-corrected chi connectivity index (χ1v) is 6.74. The molecular formula is C13H26N4O. The molecule has 0 spiro atoms. The largest absolute Gasteiger partial charge is 0.356 e. The van der Waals surface area contributed by atoms with Gasteiger partial charge in [0.15, 0.2) is 5.96 Å². The second kappa shape index (κ2) is 7.24. The highest BCUT2D eigenvalue weighted by Gasteiger charge is 2.16. The Morgan fingerprint density at radius 1 is 1.33 bits per heavy atom. The molecule has 0 atom stereocenters. The average Bonchev–Trinajstić information content (AvgIpc) is 2.81. The van der Waals surface area contributed by atoms with Crippen LogP contribution >= 0.6 is 0 Å². The summed E-state index contributed by atoms with van der Waals surface area (Å²) in [5.74, 6) is 1.50. The van der Waals surface area contributed by atoms with Gasteiger partial charge >= 0.3 is 0 Å². The van der Waals surface area contributed by atoms with Crippen LogP contribution in [0.3, 0.4) is 0 Å². The van der Waals surface area contributed by atoms with Gasteiger partial charge in [-0.3, -0.25) is 4.79 Å². The number of likely N-dealkylation sites (N-methyl/N-ethyl adjacent to an activating group) is 1. The van der Waals surface area contributed by atoms with E-state index in [4.69, 9.17) is 0 Å². The third-order valence-corrected chi connectivity index (χ3v) is 2.94. The molecule has 1 aliphatic heterocycles. The number of carbonyl (C=O) groups is 1. The number of nitrogens with zero attached hydrogens (tertiary/aromatic N) is 3. The summed E-state index contributed by atoms with van der Waals surface area (Å²) in [7, 11) is 3.52. The molecule has 1 heterocycles. The van der Waals surface area contributed by atoms with Crippen LogP contribution in [0.25, 0.3) is 0 Å². The second-order valence-electron chi connectivity index (χ2n) is 5.40. The second-order valence-corrected chi connectivity index (χ2v) is 5.40. The monoisotopic (exact) mass is 254 g/mol. The molecule has 0 bridgehead atoms. The van der Waals surface area contributed by atoms with Crippen LogP contribution in [0.2, 0.25) is 0 Å². The lowest BCUT2D eigenvalue weighted by atomic mass is 10.2. The van der Waals surface area contributed by atoms with Crippen molar-refractivity contribution in [2.24, 2.45) is 10.9 Å². The van der Waals surface area contributed by atoms with Gasteiger partial charge in [0.1, 0.15) is 6.54 Å². The van der Waals surface area contributed by atoms with Crippen molar-refractivity contribution in [3.8, 4) is 0 Å². The summed E-state index contributed by atoms with van der Waals surface area (Å²) >= 11 is 0. The molecule has 0 aromatic rings. The first kappa shape index (κ1) is 14.8. The molecule has 1 amide bonds. The zero-order valence-electron chi connectivity index (χ0n) is 12.1. The topological polar surface area (TPSA) is 47.9 Å². The Morgan fingerprint density at radius 3 is 2.44 bits per heavy atom. The molecule has 1 N–H and O–H groups in total. The lowest BCUT2D eigenvalue weighted by Crippen LogP contribution is -2.42. The van der Waals surface area contributed by atoms with Gasteiger partial charge in [0.2, 0.25) is 5.91 Å². The van der Waals surface area contributed by atoms with Gasteiger partial charge < -0.3 is 15.1 Å². The molecule has 0 aromatic carbocycles. The molecule has 1 rings (SSSR count). The molecule has 104 valence electrons. The van der Waals surface area contributed by atoms with E-state index >= 15 is 0 Å². The van der Waals surface area contributed by atoms with E-state index < -0.39 is 0 Å². The van der Waals surface area contributed by atoms with Crippen LogP contribution in [0.5, 0.6) is 0 Å². The van der Waals surface area contributed by atoms with Crippen molar-refractivity contribution in [1.29, 1.82) is 0 Å². The molecule has 0 aliphatic carbocycles. The van der Waals surface area contributed by atoms with E-state index in [2.05, 4.69) is 29.1 Å². The van der Waals surface area contributed by atoms with Gasteiger partial charge in [-0.25, -0.2) is 4.99 Å². The third-order valence-electron chi connectivity index (χ3n) is 2.94. The Hall–Kier alpha value is -1.26. The first-order chi connectivity index (χ1) is 8.50. The summed E-state index contributed by atoms with van der Waals surface area (Å²) < 4.78 is 0. The molecule has 1 saturated heterocycles. The average molecular weight is 254 g/mol. The van der Waals surface area contributed by atoms with E-state index in [9.17, 15) is 4.79 Å². The van der Waals surface area contributed by atoms with Gasteiger partial charge in [-0.2, -0.15) is 0 Å². The van der Waals surface area contributed by atoms with E-state index in [0.29, 0.717) is 5.92 Å². The molecule has 0 aromatic heterocycles. The van der Waals surface area contributed by atoms with Crippen molar-refractivity contribution in [3.63, 3.8) is 0 Å². The number of nitrogens with one attached hydrogen (secondary N) is 1. The standard InChI is InChI=1S/C13H26N4O/c1-11(2)9-14-13(17-7-5-6-8-17)15-10-12(18)16(3)4/h11H,5-10H2,1-4H3,(H,14,15). The molecule has 0 saturated carbocycles. The normalized spacial score (nSPS) is 16.3. The minimum atomic E-state index is 0.0399. The number of rotatable bonds is 4. The third kappa shape index (κ3) is 4.94. The summed E-state index contributed by atoms with van der Waals surface area (Å²) in [4.78, 5) is 19.8. The molecule has 1 aliphatic rings. The van der Waals surface area contributed by atoms with E-state index in [1.54, 1.807) is 19.0 Å². The highest BCUT2D eigenvalue weighted by atomic mass is 16.2. The Balaban J connectivity index is 2.57. The molecule has 5 nitrogen and oxygen atoms in total. The Kier molecular flexibility index (Phi) is 5.95. The molecular weight excluding hydrogens is 228 g/mol. The first-order valence-electron chi connectivity index (χ1n) is 6.74. The lowest BCUT2D eigenvalue weighted by Gasteiger charge is -2.22. The number of hydrogen-bond donors (Lipinski definition) is 1. The molecule has 5 heteroatoms. The van der Waals surface area contributed by atoms with E-state index in [0.717, 1.165) is 25.6 Å². The summed E-state index contributed by atoms with van der Waals surface area (Å²) in [6.07, 6.45) is 2.42. The number of hydrogen-bond acceptors (Lipinski definition) is 2. The zero-order valence-corrected chi connectivity index (χ0v) is 12.1. The predicted molar refractivity (Wildman–Crippen MR) is 74.6 cm³/mol. The van der Waals surface area contributed by atoms with Crippen molar-refractivity contribution >= 4 is 11.9 Å². The van der Waals surface area contributed by atoms with Gasteiger partial charge in [-0.05, 0) is 18.8 Å². The van der Waals surface area contributed by atoms with E-state index in [1.165, 1.54) is 12.8 Å². The van der Waals surface area contributed by atoms with Crippen LogP contribution in [0, 0.1) is 5.92 Å². The van der Waals surface area contributed by atoms with Crippen molar-refractivity contribution in [2.45, 2.75) is 26.7 Å². The van der Waals surface area contributed by atoms with Crippen LogP contribution in [-0.2, 0) is 4.79 Å². The maximum absolute atomic E-state index is 11.6. The molecule has 0 unspecified atom stereocenters. The maximum atomic E-state index is 11.6. The number of aliphatic imine (C=N–C) groups is 1. The fourth-order valence-corrected chi connectivity index (χ4v) is 1.78. The Labute approximate surface area is 110 Å². The highest BCUT2D eigenvalue weighted by Crippen LogP contribution is 2.07. The number of guanidine groups is 1. The minimum Gasteiger partial charge on any atom is -0.356 e. The van der Waals surface area contributed by atoms with Crippen LogP contribution in [0.1, 0.15) is 26.7 Å². The molecule has 1 fully saturated rings. The number of likely N-dealkylation sites (tertiary alicyclic amines) is 1. The van der Waals surface area contributed by atoms with Gasteiger partial charge in [0.25, 0.3) is 0 Å². The van der Waals surface area contributed by atoms with Crippen LogP contribution in [0.15, 0.2) is 4.99 Å². The summed E-state index contributed by atoms with van der Waals surface area (Å²) in [5.41, 5.74) is 0. The molecule has 0 radical (unpaired) electrons. The van der Waals surface area contributed by atoms with Gasteiger partial charge in [-0.1, -0.05) is 13.8 Å². The quantitative estimate of drug-likeness (QED) is 0.595. The zero-order chi connectivity index (χ0) is 13.5. The van der Waals surface area contributed by atoms with Crippen LogP contribution in [-0.4, -0.2) is 61.9 Å². The fourth-order valence-electron chi connectivity index (χ4n) is 1.78. The fraction of sp³-hybridized carbons (Fsp3) is 0.846. The van der Waals surface area contributed by atoms with Crippen LogP contribution in [0.4, 0.5) is 0 Å². The highest BCUT2D eigenvalue weighted by molar-refractivity contribution is 5.85. The summed E-state index contributed by atoms with van der Waals surface area (Å²) in [5, 5.41) is 3.36. The van der Waals surface area contributed by atoms with Gasteiger partial charge in [0, 0.05) is 33.7 Å². The van der Waals surface area contributed by atoms with Gasteiger partial charge in [-0.15, -0.1) is 0 Å². The minimum absolute atomic E-state index is 0.0399. The van der Waals surface area contributed by atoms with Crippen molar-refractivity contribution in [2.75, 3.05) is 40.3 Å². The van der Waals surface area contributed by atoms with Gasteiger partial charge in [0.05, 0.1) is 0 Å². The van der Waals surface area contributed by atoms with E-state index in [1.807, 2.05) is 0 Å². The number of amides is 1.